The van der Waals surface area contributed by atoms with E-state index >= 15 is 0 Å². The van der Waals surface area contributed by atoms with Crippen LogP contribution in [0.4, 0.5) is 4.39 Å². The maximum atomic E-state index is 12.9. The minimum Gasteiger partial charge on any atom is -0.379 e. The van der Waals surface area contributed by atoms with Crippen molar-refractivity contribution in [3.05, 3.63) is 35.6 Å². The van der Waals surface area contributed by atoms with Gasteiger partial charge in [-0.3, -0.25) is 14.5 Å². The molecule has 2 rings (SSSR count). The molecule has 1 atom stereocenters. The lowest BCUT2D eigenvalue weighted by molar-refractivity contribution is -0.120. The summed E-state index contributed by atoms with van der Waals surface area (Å²) in [4.78, 5) is 26.4. The van der Waals surface area contributed by atoms with Crippen LogP contribution in [-0.2, 0) is 9.53 Å². The van der Waals surface area contributed by atoms with E-state index in [0.717, 1.165) is 32.7 Å². The van der Waals surface area contributed by atoms with E-state index < -0.39 is 11.7 Å². The third-order valence-electron chi connectivity index (χ3n) is 4.36. The van der Waals surface area contributed by atoms with Gasteiger partial charge in [0.1, 0.15) is 5.82 Å². The first-order valence-corrected chi connectivity index (χ1v) is 9.08. The van der Waals surface area contributed by atoms with Gasteiger partial charge in [-0.15, -0.1) is 0 Å². The van der Waals surface area contributed by atoms with Gasteiger partial charge in [-0.25, -0.2) is 4.39 Å². The number of morpholine rings is 1. The molecule has 6 nitrogen and oxygen atoms in total. The molecule has 0 aromatic heterocycles. The van der Waals surface area contributed by atoms with Gasteiger partial charge in [-0.1, -0.05) is 13.8 Å². The third kappa shape index (κ3) is 6.72. The second-order valence-electron chi connectivity index (χ2n) is 6.93. The molecule has 0 radical (unpaired) electrons. The Bertz CT molecular complexity index is 586. The average molecular weight is 365 g/mol. The fourth-order valence-corrected chi connectivity index (χ4v) is 3.01. The van der Waals surface area contributed by atoms with Crippen LogP contribution in [0.3, 0.4) is 0 Å². The van der Waals surface area contributed by atoms with Gasteiger partial charge in [-0.05, 0) is 36.6 Å². The topological polar surface area (TPSA) is 70.7 Å². The number of ether oxygens (including phenoxy) is 1. The molecule has 1 fully saturated rings. The van der Waals surface area contributed by atoms with Crippen molar-refractivity contribution in [1.29, 1.82) is 0 Å². The van der Waals surface area contributed by atoms with Gasteiger partial charge in [0.05, 0.1) is 19.8 Å². The van der Waals surface area contributed by atoms with Crippen molar-refractivity contribution in [3.63, 3.8) is 0 Å². The summed E-state index contributed by atoms with van der Waals surface area (Å²) in [7, 11) is 0. The van der Waals surface area contributed by atoms with Crippen LogP contribution in [0, 0.1) is 11.7 Å². The Morgan fingerprint density at radius 2 is 1.81 bits per heavy atom. The van der Waals surface area contributed by atoms with Crippen molar-refractivity contribution in [1.82, 2.24) is 15.5 Å². The summed E-state index contributed by atoms with van der Waals surface area (Å²) >= 11 is 0. The van der Waals surface area contributed by atoms with E-state index in [1.165, 1.54) is 24.3 Å². The molecule has 0 saturated carbocycles. The van der Waals surface area contributed by atoms with Crippen LogP contribution in [0.25, 0.3) is 0 Å². The van der Waals surface area contributed by atoms with Crippen LogP contribution < -0.4 is 10.6 Å². The van der Waals surface area contributed by atoms with Crippen molar-refractivity contribution >= 4 is 11.8 Å². The van der Waals surface area contributed by atoms with Gasteiger partial charge in [0, 0.05) is 31.2 Å². The molecule has 0 aliphatic carbocycles. The van der Waals surface area contributed by atoms with Gasteiger partial charge in [0.2, 0.25) is 5.91 Å². The minimum atomic E-state index is -0.404. The lowest BCUT2D eigenvalue weighted by atomic mass is 10.0. The predicted octanol–water partition coefficient (Wildman–Crippen LogP) is 1.42. The second-order valence-corrected chi connectivity index (χ2v) is 6.93. The number of hydrogen-bond donors (Lipinski definition) is 2. The Hall–Kier alpha value is -1.99. The number of benzene rings is 1. The SMILES string of the molecule is CC(C)CC(CNC(=O)CNC(=O)c1ccc(F)cc1)N1CCOCC1. The van der Waals surface area contributed by atoms with Gasteiger partial charge in [0.25, 0.3) is 5.91 Å². The number of hydrogen-bond acceptors (Lipinski definition) is 4. The molecule has 0 spiro atoms. The smallest absolute Gasteiger partial charge is 0.251 e. The molecule has 1 unspecified atom stereocenters. The normalized spacial score (nSPS) is 16.3. The van der Waals surface area contributed by atoms with E-state index in [0.29, 0.717) is 18.0 Å². The zero-order valence-corrected chi connectivity index (χ0v) is 15.5. The molecule has 2 N–H and O–H groups in total. The molecule has 0 bridgehead atoms. The van der Waals surface area contributed by atoms with Crippen molar-refractivity contribution in [3.8, 4) is 0 Å². The quantitative estimate of drug-likeness (QED) is 0.731. The molecule has 1 heterocycles. The van der Waals surface area contributed by atoms with E-state index in [9.17, 15) is 14.0 Å². The van der Waals surface area contributed by atoms with E-state index in [-0.39, 0.29) is 18.5 Å². The van der Waals surface area contributed by atoms with E-state index in [1.54, 1.807) is 0 Å². The Morgan fingerprint density at radius 1 is 1.15 bits per heavy atom. The summed E-state index contributed by atoms with van der Waals surface area (Å²) in [5.41, 5.74) is 0.324. The third-order valence-corrected chi connectivity index (χ3v) is 4.36. The summed E-state index contributed by atoms with van der Waals surface area (Å²) in [5.74, 6) is -0.508. The molecule has 1 aromatic rings. The molecule has 1 saturated heterocycles. The lowest BCUT2D eigenvalue weighted by Crippen LogP contribution is -2.50. The van der Waals surface area contributed by atoms with Crippen molar-refractivity contribution in [2.45, 2.75) is 26.3 Å². The van der Waals surface area contributed by atoms with Gasteiger partial charge < -0.3 is 15.4 Å². The molecule has 7 heteroatoms. The van der Waals surface area contributed by atoms with Crippen molar-refractivity contribution in [2.75, 3.05) is 39.4 Å². The minimum absolute atomic E-state index is 0.103. The van der Waals surface area contributed by atoms with Crippen molar-refractivity contribution < 1.29 is 18.7 Å². The van der Waals surface area contributed by atoms with Crippen LogP contribution >= 0.6 is 0 Å². The lowest BCUT2D eigenvalue weighted by Gasteiger charge is -2.35. The summed E-state index contributed by atoms with van der Waals surface area (Å²) in [5, 5.41) is 5.46. The Kier molecular flexibility index (Phi) is 8.00. The largest absolute Gasteiger partial charge is 0.379 e. The molecule has 1 aliphatic heterocycles. The summed E-state index contributed by atoms with van der Waals surface area (Å²) in [6.45, 7) is 7.95. The van der Waals surface area contributed by atoms with E-state index in [4.69, 9.17) is 4.74 Å². The molecule has 26 heavy (non-hydrogen) atoms. The zero-order valence-electron chi connectivity index (χ0n) is 15.5. The van der Waals surface area contributed by atoms with Crippen LogP contribution in [-0.4, -0.2) is 62.1 Å². The number of carbonyl (C=O) groups excluding carboxylic acids is 2. The molecule has 144 valence electrons. The van der Waals surface area contributed by atoms with Gasteiger partial charge >= 0.3 is 0 Å². The van der Waals surface area contributed by atoms with Crippen LogP contribution in [0.5, 0.6) is 0 Å². The number of rotatable bonds is 8. The fraction of sp³-hybridized carbons (Fsp3) is 0.579. The highest BCUT2D eigenvalue weighted by Gasteiger charge is 2.22. The summed E-state index contributed by atoms with van der Waals surface area (Å²) in [6, 6.07) is 5.47. The van der Waals surface area contributed by atoms with Crippen LogP contribution in [0.1, 0.15) is 30.6 Å². The molecule has 1 aliphatic rings. The number of nitrogens with zero attached hydrogens (tertiary/aromatic N) is 1. The molecule has 2 amide bonds. The van der Waals surface area contributed by atoms with Crippen LogP contribution in [0.15, 0.2) is 24.3 Å². The highest BCUT2D eigenvalue weighted by molar-refractivity contribution is 5.96. The zero-order chi connectivity index (χ0) is 18.9. The second kappa shape index (κ2) is 10.2. The Labute approximate surface area is 154 Å². The first-order valence-electron chi connectivity index (χ1n) is 9.08. The molecular formula is C19H28FN3O3. The standard InChI is InChI=1S/C19H28FN3O3/c1-14(2)11-17(23-7-9-26-10-8-23)12-21-18(24)13-22-19(25)15-3-5-16(20)6-4-15/h3-6,14,17H,7-13H2,1-2H3,(H,21,24)(H,22,25). The highest BCUT2D eigenvalue weighted by atomic mass is 19.1. The highest BCUT2D eigenvalue weighted by Crippen LogP contribution is 2.13. The fourth-order valence-electron chi connectivity index (χ4n) is 3.01. The Balaban J connectivity index is 1.77. The number of amides is 2. The number of nitrogens with one attached hydrogen (secondary N) is 2. The van der Waals surface area contributed by atoms with E-state index in [2.05, 4.69) is 29.4 Å². The number of carbonyl (C=O) groups is 2. The van der Waals surface area contributed by atoms with E-state index in [1.807, 2.05) is 0 Å². The predicted molar refractivity (Wildman–Crippen MR) is 97.4 cm³/mol. The molecule has 1 aromatic carbocycles. The summed E-state index contributed by atoms with van der Waals surface area (Å²) in [6.07, 6.45) is 0.988. The summed E-state index contributed by atoms with van der Waals surface area (Å²) < 4.78 is 18.3. The van der Waals surface area contributed by atoms with Gasteiger partial charge in [0.15, 0.2) is 0 Å². The first kappa shape index (κ1) is 20.3. The maximum absolute atomic E-state index is 12.9. The molecular weight excluding hydrogens is 337 g/mol. The average Bonchev–Trinajstić information content (AvgIpc) is 2.64. The van der Waals surface area contributed by atoms with Crippen LogP contribution in [0.2, 0.25) is 0 Å². The Morgan fingerprint density at radius 3 is 2.42 bits per heavy atom. The first-order chi connectivity index (χ1) is 12.5. The van der Waals surface area contributed by atoms with Crippen molar-refractivity contribution in [2.24, 2.45) is 5.92 Å². The monoisotopic (exact) mass is 365 g/mol. The maximum Gasteiger partial charge on any atom is 0.251 e. The van der Waals surface area contributed by atoms with Gasteiger partial charge in [-0.2, -0.15) is 0 Å². The number of halogens is 1.